The highest BCUT2D eigenvalue weighted by atomic mass is 31.2. The van der Waals surface area contributed by atoms with E-state index in [4.69, 9.17) is 37.0 Å². The molecule has 0 aromatic heterocycles. The third-order valence-corrected chi connectivity index (χ3v) is 16.5. The predicted octanol–water partition coefficient (Wildman–Crippen LogP) is 20.9. The van der Waals surface area contributed by atoms with E-state index in [1.807, 2.05) is 36.5 Å². The van der Waals surface area contributed by atoms with Crippen LogP contribution in [0.1, 0.15) is 259 Å². The van der Waals surface area contributed by atoms with Crippen LogP contribution in [0.5, 0.6) is 0 Å². The predicted molar refractivity (Wildman–Crippen MR) is 399 cm³/mol. The molecule has 0 spiro atoms. The number of unbranched alkanes of at least 4 members (excludes halogenated alkanes) is 17. The second-order valence-electron chi connectivity index (χ2n) is 23.8. The molecule has 0 aliphatic rings. The van der Waals surface area contributed by atoms with Crippen LogP contribution < -0.4 is 0 Å². The van der Waals surface area contributed by atoms with Crippen LogP contribution in [0, 0.1) is 0 Å². The summed E-state index contributed by atoms with van der Waals surface area (Å²) in [6.45, 7) is 4.25. The first kappa shape index (κ1) is 92.7. The third-order valence-electron chi connectivity index (χ3n) is 14.6. The van der Waals surface area contributed by atoms with Gasteiger partial charge in [-0.1, -0.05) is 282 Å². The van der Waals surface area contributed by atoms with Gasteiger partial charge in [-0.05, 0) is 109 Å². The van der Waals surface area contributed by atoms with Crippen molar-refractivity contribution >= 4 is 39.5 Å². The Bertz CT molecular complexity index is 2480. The number of carbonyl (C=O) groups is 4. The fourth-order valence-electron chi connectivity index (χ4n) is 9.09. The van der Waals surface area contributed by atoms with Crippen LogP contribution in [0.4, 0.5) is 0 Å². The van der Waals surface area contributed by atoms with E-state index < -0.39 is 97.5 Å². The molecule has 0 amide bonds. The Kier molecular flexibility index (Phi) is 66.3. The second-order valence-corrected chi connectivity index (χ2v) is 26.7. The minimum atomic E-state index is -5.01. The number of allylic oxidation sites excluding steroid dienone is 24. The Balaban J connectivity index is 5.50. The zero-order chi connectivity index (χ0) is 71.8. The van der Waals surface area contributed by atoms with Gasteiger partial charge in [0.2, 0.25) is 0 Å². The van der Waals surface area contributed by atoms with Gasteiger partial charge in [0.05, 0.1) is 39.3 Å². The van der Waals surface area contributed by atoms with Gasteiger partial charge in [-0.25, -0.2) is 9.13 Å². The highest BCUT2D eigenvalue weighted by Gasteiger charge is 2.30. The van der Waals surface area contributed by atoms with E-state index >= 15 is 0 Å². The van der Waals surface area contributed by atoms with Crippen LogP contribution in [0.25, 0.3) is 0 Å². The monoisotopic (exact) mass is 1410 g/mol. The van der Waals surface area contributed by atoms with Crippen LogP contribution in [-0.2, 0) is 65.4 Å². The van der Waals surface area contributed by atoms with Gasteiger partial charge >= 0.3 is 39.5 Å². The van der Waals surface area contributed by atoms with Crippen molar-refractivity contribution in [2.45, 2.75) is 277 Å². The van der Waals surface area contributed by atoms with E-state index in [0.29, 0.717) is 25.7 Å². The molecule has 17 nitrogen and oxygen atoms in total. The van der Waals surface area contributed by atoms with Gasteiger partial charge in [-0.15, -0.1) is 0 Å². The van der Waals surface area contributed by atoms with E-state index in [0.717, 1.165) is 128 Å². The lowest BCUT2D eigenvalue weighted by atomic mass is 10.0. The van der Waals surface area contributed by atoms with Gasteiger partial charge in [0.25, 0.3) is 0 Å². The van der Waals surface area contributed by atoms with E-state index in [1.165, 1.54) is 51.4 Å². The molecule has 98 heavy (non-hydrogen) atoms. The molecule has 0 saturated heterocycles. The SMILES string of the molecule is CC/C=C\C/C=C\C/C=C\C/C=C\C/C=C\CC(=O)OCC(COP(=O)(O)OCC(O)COP(=O)(O)OCC(COC(=O)C/C=C\C/C=C\C/C=C\C/C=C\C/C=C\CC)OC(=O)CCCCCCCCCCCCCCC)OC(=O)CCCCCCC/C=C\C/C=C\C/C=C\CC. The fraction of sp³-hybridized carbons (Fsp3) is 0.620. The van der Waals surface area contributed by atoms with Crippen LogP contribution in [0.15, 0.2) is 158 Å². The summed E-state index contributed by atoms with van der Waals surface area (Å²) in [7, 11) is -10.0. The third kappa shape index (κ3) is 69.2. The van der Waals surface area contributed by atoms with E-state index in [2.05, 4.69) is 137 Å². The molecule has 0 radical (unpaired) electrons. The van der Waals surface area contributed by atoms with E-state index in [9.17, 15) is 43.2 Å². The standard InChI is InChI=1S/C79H128O17P2/c1-5-9-13-17-21-25-29-33-36-40-43-47-51-55-59-63-76(81)89-69-74(95-78(83)65-61-57-53-49-45-39-32-28-24-20-16-12-8-4)71-93-97(85,86)91-67-73(80)68-92-98(87,88)94-72-75(96-79(84)66-62-58-54-50-46-42-38-35-31-27-23-19-15-11-7-3)70-90-77(82)64-60-56-52-48-44-41-37-34-30-26-22-18-14-10-6-2/h9-11,13-15,21-23,25-27,33-38,43-44,47-48,55-56,59-60,73-75,80H,5-8,12,16-20,24,28-32,39-42,45-46,49-54,57-58,61-72H2,1-4H3,(H,85,86)(H,87,88)/b13-9-,14-10-,15-11-,25-21-,26-22-,27-23-,36-33-,37-34-,38-35-,47-43-,48-44-,59-55-,60-56-. The molecule has 556 valence electrons. The maximum absolute atomic E-state index is 13.1. The van der Waals surface area contributed by atoms with Crippen molar-refractivity contribution in [1.29, 1.82) is 0 Å². The second kappa shape index (κ2) is 70.1. The summed E-state index contributed by atoms with van der Waals surface area (Å²) in [6.07, 6.45) is 80.2. The van der Waals surface area contributed by atoms with Crippen molar-refractivity contribution in [1.82, 2.24) is 0 Å². The summed E-state index contributed by atoms with van der Waals surface area (Å²) >= 11 is 0. The maximum atomic E-state index is 13.1. The Morgan fingerprint density at radius 3 is 0.867 bits per heavy atom. The minimum Gasteiger partial charge on any atom is -0.461 e. The highest BCUT2D eigenvalue weighted by Crippen LogP contribution is 2.45. The molecule has 5 atom stereocenters. The molecule has 0 saturated carbocycles. The molecule has 0 heterocycles. The Hall–Kier alpha value is -5.32. The summed E-state index contributed by atoms with van der Waals surface area (Å²) in [5.41, 5.74) is 0. The maximum Gasteiger partial charge on any atom is 0.472 e. The fourth-order valence-corrected chi connectivity index (χ4v) is 10.7. The van der Waals surface area contributed by atoms with Gasteiger partial charge < -0.3 is 33.8 Å². The number of carbonyl (C=O) groups excluding carboxylic acids is 4. The summed E-state index contributed by atoms with van der Waals surface area (Å²) in [5.74, 6) is -2.50. The number of ether oxygens (including phenoxy) is 4. The zero-order valence-corrected chi connectivity index (χ0v) is 62.2. The van der Waals surface area contributed by atoms with Crippen molar-refractivity contribution in [3.63, 3.8) is 0 Å². The summed E-state index contributed by atoms with van der Waals surface area (Å²) < 4.78 is 68.1. The molecule has 0 aliphatic heterocycles. The average Bonchev–Trinajstić information content (AvgIpc) is 1.04. The van der Waals surface area contributed by atoms with Crippen molar-refractivity contribution in [2.75, 3.05) is 39.6 Å². The molecular formula is C79H128O17P2. The van der Waals surface area contributed by atoms with Crippen molar-refractivity contribution in [3.8, 4) is 0 Å². The van der Waals surface area contributed by atoms with Crippen molar-refractivity contribution in [3.05, 3.63) is 158 Å². The first-order valence-corrected chi connectivity index (χ1v) is 39.7. The first-order chi connectivity index (χ1) is 47.7. The number of phosphoric acid groups is 2. The largest absolute Gasteiger partial charge is 0.472 e. The average molecular weight is 1410 g/mol. The number of rotatable bonds is 67. The Labute approximate surface area is 591 Å². The Morgan fingerprint density at radius 1 is 0.306 bits per heavy atom. The van der Waals surface area contributed by atoms with Crippen molar-refractivity contribution in [2.24, 2.45) is 0 Å². The molecule has 19 heteroatoms. The van der Waals surface area contributed by atoms with E-state index in [1.54, 1.807) is 12.2 Å². The summed E-state index contributed by atoms with van der Waals surface area (Å²) in [5, 5.41) is 10.6. The van der Waals surface area contributed by atoms with Gasteiger partial charge in [-0.2, -0.15) is 0 Å². The Morgan fingerprint density at radius 2 is 0.561 bits per heavy atom. The smallest absolute Gasteiger partial charge is 0.461 e. The molecule has 3 N–H and O–H groups in total. The first-order valence-electron chi connectivity index (χ1n) is 36.7. The number of aliphatic hydroxyl groups is 1. The van der Waals surface area contributed by atoms with Crippen LogP contribution >= 0.6 is 15.6 Å². The number of aliphatic hydroxyl groups excluding tert-OH is 1. The normalized spacial score (nSPS) is 14.9. The lowest BCUT2D eigenvalue weighted by Crippen LogP contribution is -2.30. The van der Waals surface area contributed by atoms with Gasteiger partial charge in [0.15, 0.2) is 12.2 Å². The number of hydrogen-bond acceptors (Lipinski definition) is 15. The van der Waals surface area contributed by atoms with Gasteiger partial charge in [0, 0.05) is 12.8 Å². The molecule has 0 aromatic rings. The van der Waals surface area contributed by atoms with E-state index in [-0.39, 0.29) is 25.7 Å². The molecule has 5 unspecified atom stereocenters. The van der Waals surface area contributed by atoms with Gasteiger partial charge in [0.1, 0.15) is 19.3 Å². The number of hydrogen-bond donors (Lipinski definition) is 3. The molecule has 0 fully saturated rings. The van der Waals surface area contributed by atoms with Crippen LogP contribution in [0.2, 0.25) is 0 Å². The topological polar surface area (TPSA) is 237 Å². The molecule has 0 aromatic carbocycles. The van der Waals surface area contributed by atoms with Crippen molar-refractivity contribution < 1.29 is 80.2 Å². The van der Waals surface area contributed by atoms with Crippen LogP contribution in [-0.4, -0.2) is 96.7 Å². The lowest BCUT2D eigenvalue weighted by Gasteiger charge is -2.21. The number of esters is 4. The minimum absolute atomic E-state index is 0.0489. The quantitative estimate of drug-likeness (QED) is 0.0169. The molecule has 0 rings (SSSR count). The highest BCUT2D eigenvalue weighted by molar-refractivity contribution is 7.47. The van der Waals surface area contributed by atoms with Gasteiger partial charge in [-0.3, -0.25) is 37.3 Å². The molecule has 0 aliphatic carbocycles. The van der Waals surface area contributed by atoms with Crippen LogP contribution in [0.3, 0.4) is 0 Å². The summed E-state index contributed by atoms with van der Waals surface area (Å²) in [4.78, 5) is 72.6. The lowest BCUT2D eigenvalue weighted by molar-refractivity contribution is -0.161. The molecule has 0 bridgehead atoms. The summed E-state index contributed by atoms with van der Waals surface area (Å²) in [6, 6.07) is 0. The zero-order valence-electron chi connectivity index (χ0n) is 60.4. The number of phosphoric ester groups is 2. The molecular weight excluding hydrogens is 1280 g/mol.